The number of methoxy groups -OCH3 is 1. The molecule has 7 nitrogen and oxygen atoms in total. The molecule has 2 saturated heterocycles. The molecule has 2 fully saturated rings. The summed E-state index contributed by atoms with van der Waals surface area (Å²) >= 11 is 0. The Morgan fingerprint density at radius 3 is 2.38 bits per heavy atom. The highest BCUT2D eigenvalue weighted by Gasteiger charge is 2.30. The minimum absolute atomic E-state index is 0.0295. The van der Waals surface area contributed by atoms with Gasteiger partial charge < -0.3 is 24.6 Å². The maximum absolute atomic E-state index is 12.0. The van der Waals surface area contributed by atoms with Crippen LogP contribution in [0, 0.1) is 5.92 Å². The average Bonchev–Trinajstić information content (AvgIpc) is 2.51. The second-order valence-electron chi connectivity index (χ2n) is 7.60. The largest absolute Gasteiger partial charge is 0.469 e. The van der Waals surface area contributed by atoms with Crippen LogP contribution in [0.4, 0.5) is 4.79 Å². The van der Waals surface area contributed by atoms with Crippen LogP contribution in [0.5, 0.6) is 0 Å². The summed E-state index contributed by atoms with van der Waals surface area (Å²) in [5.74, 6) is -0.0708. The maximum Gasteiger partial charge on any atom is 0.407 e. The summed E-state index contributed by atoms with van der Waals surface area (Å²) in [6, 6.07) is 0.204. The van der Waals surface area contributed by atoms with E-state index < -0.39 is 5.60 Å². The van der Waals surface area contributed by atoms with Crippen molar-refractivity contribution in [1.82, 2.24) is 15.1 Å². The van der Waals surface area contributed by atoms with Gasteiger partial charge in [-0.05, 0) is 53.2 Å². The molecule has 1 amide bonds. The number of nitrogens with zero attached hydrogens (tertiary/aromatic N) is 2. The van der Waals surface area contributed by atoms with Gasteiger partial charge in [0.15, 0.2) is 0 Å². The van der Waals surface area contributed by atoms with Crippen LogP contribution < -0.4 is 5.32 Å². The first-order chi connectivity index (χ1) is 11.3. The van der Waals surface area contributed by atoms with Gasteiger partial charge in [-0.2, -0.15) is 0 Å². The highest BCUT2D eigenvalue weighted by atomic mass is 16.6. The standard InChI is InChI=1S/C17H31N3O4/c1-17(2,24-16(22)18-14-11-19(3)12-14)7-10-20-8-5-13(6-9-20)15(21)23-4/h13-14H,5-12H2,1-4H3,(H,18,22). The molecule has 0 aromatic carbocycles. The summed E-state index contributed by atoms with van der Waals surface area (Å²) in [6.45, 7) is 8.28. The third-order valence-electron chi connectivity index (χ3n) is 4.91. The van der Waals surface area contributed by atoms with E-state index in [1.807, 2.05) is 20.9 Å². The zero-order valence-electron chi connectivity index (χ0n) is 15.3. The monoisotopic (exact) mass is 341 g/mol. The predicted octanol–water partition coefficient (Wildman–Crippen LogP) is 1.08. The molecule has 0 spiro atoms. The number of carbonyl (C=O) groups excluding carboxylic acids is 2. The molecule has 2 aliphatic rings. The van der Waals surface area contributed by atoms with Gasteiger partial charge in [0.25, 0.3) is 0 Å². The van der Waals surface area contributed by atoms with Crippen molar-refractivity contribution < 1.29 is 19.1 Å². The third kappa shape index (κ3) is 5.63. The van der Waals surface area contributed by atoms with Crippen molar-refractivity contribution in [3.8, 4) is 0 Å². The van der Waals surface area contributed by atoms with Crippen molar-refractivity contribution in [2.24, 2.45) is 5.92 Å². The molecule has 2 heterocycles. The SMILES string of the molecule is COC(=O)C1CCN(CCC(C)(C)OC(=O)NC2CN(C)C2)CC1. The fraction of sp³-hybridized carbons (Fsp3) is 0.882. The molecule has 1 N–H and O–H groups in total. The van der Waals surface area contributed by atoms with Gasteiger partial charge in [0.05, 0.1) is 19.1 Å². The summed E-state index contributed by atoms with van der Waals surface area (Å²) in [7, 11) is 3.47. The van der Waals surface area contributed by atoms with Gasteiger partial charge >= 0.3 is 12.1 Å². The van der Waals surface area contributed by atoms with Crippen LogP contribution in [0.3, 0.4) is 0 Å². The quantitative estimate of drug-likeness (QED) is 0.729. The Hall–Kier alpha value is -1.34. The number of piperidine rings is 1. The lowest BCUT2D eigenvalue weighted by molar-refractivity contribution is -0.147. The van der Waals surface area contributed by atoms with Crippen molar-refractivity contribution in [1.29, 1.82) is 0 Å². The van der Waals surface area contributed by atoms with Crippen LogP contribution in [-0.4, -0.2) is 80.4 Å². The maximum atomic E-state index is 12.0. The minimum Gasteiger partial charge on any atom is -0.469 e. The number of nitrogens with one attached hydrogen (secondary N) is 1. The van der Waals surface area contributed by atoms with Crippen LogP contribution in [0.25, 0.3) is 0 Å². The Kier molecular flexibility index (Phi) is 6.46. The van der Waals surface area contributed by atoms with Crippen molar-refractivity contribution in [2.75, 3.05) is 46.9 Å². The smallest absolute Gasteiger partial charge is 0.407 e. The van der Waals surface area contributed by atoms with Crippen molar-refractivity contribution in [2.45, 2.75) is 44.8 Å². The molecular formula is C17H31N3O4. The Labute approximate surface area is 144 Å². The second kappa shape index (κ2) is 8.16. The van der Waals surface area contributed by atoms with Crippen LogP contribution in [0.15, 0.2) is 0 Å². The number of rotatable bonds is 6. The molecule has 0 unspecified atom stereocenters. The Balaban J connectivity index is 1.65. The topological polar surface area (TPSA) is 71.1 Å². The van der Waals surface area contributed by atoms with E-state index in [2.05, 4.69) is 15.1 Å². The molecule has 0 aromatic rings. The number of likely N-dealkylation sites (tertiary alicyclic amines) is 2. The zero-order valence-corrected chi connectivity index (χ0v) is 15.3. The lowest BCUT2D eigenvalue weighted by Crippen LogP contribution is -2.58. The van der Waals surface area contributed by atoms with E-state index in [1.54, 1.807) is 0 Å². The van der Waals surface area contributed by atoms with E-state index in [0.29, 0.717) is 0 Å². The van der Waals surface area contributed by atoms with Gasteiger partial charge in [0.2, 0.25) is 0 Å². The molecule has 24 heavy (non-hydrogen) atoms. The highest BCUT2D eigenvalue weighted by Crippen LogP contribution is 2.21. The Bertz CT molecular complexity index is 441. The number of hydrogen-bond acceptors (Lipinski definition) is 6. The number of amides is 1. The van der Waals surface area contributed by atoms with Gasteiger partial charge in [-0.25, -0.2) is 4.79 Å². The number of ether oxygens (including phenoxy) is 2. The molecule has 138 valence electrons. The van der Waals surface area contributed by atoms with Crippen molar-refractivity contribution >= 4 is 12.1 Å². The van der Waals surface area contributed by atoms with E-state index in [0.717, 1.165) is 52.0 Å². The van der Waals surface area contributed by atoms with Crippen molar-refractivity contribution in [3.05, 3.63) is 0 Å². The van der Waals surface area contributed by atoms with E-state index in [-0.39, 0.29) is 24.0 Å². The highest BCUT2D eigenvalue weighted by molar-refractivity contribution is 5.72. The molecule has 0 atom stereocenters. The van der Waals surface area contributed by atoms with E-state index in [9.17, 15) is 9.59 Å². The first kappa shape index (κ1) is 19.0. The summed E-state index contributed by atoms with van der Waals surface area (Å²) in [5, 5.41) is 2.90. The lowest BCUT2D eigenvalue weighted by atomic mass is 9.96. The molecule has 0 radical (unpaired) electrons. The van der Waals surface area contributed by atoms with Gasteiger partial charge in [0.1, 0.15) is 5.60 Å². The van der Waals surface area contributed by atoms with Crippen molar-refractivity contribution in [3.63, 3.8) is 0 Å². The lowest BCUT2D eigenvalue weighted by Gasteiger charge is -2.37. The molecule has 0 saturated carbocycles. The zero-order chi connectivity index (χ0) is 17.7. The third-order valence-corrected chi connectivity index (χ3v) is 4.91. The fourth-order valence-corrected chi connectivity index (χ4v) is 3.27. The molecule has 0 aliphatic carbocycles. The van der Waals surface area contributed by atoms with Gasteiger partial charge in [-0.1, -0.05) is 0 Å². The molecule has 7 heteroatoms. The van der Waals surface area contributed by atoms with Gasteiger partial charge in [-0.3, -0.25) is 4.79 Å². The minimum atomic E-state index is -0.501. The molecule has 0 bridgehead atoms. The average molecular weight is 341 g/mol. The van der Waals surface area contributed by atoms with Crippen LogP contribution in [-0.2, 0) is 14.3 Å². The normalized spacial score (nSPS) is 21.2. The van der Waals surface area contributed by atoms with Gasteiger partial charge in [-0.15, -0.1) is 0 Å². The van der Waals surface area contributed by atoms with Crippen LogP contribution in [0.1, 0.15) is 33.1 Å². The number of likely N-dealkylation sites (N-methyl/N-ethyl adjacent to an activating group) is 1. The Morgan fingerprint density at radius 2 is 1.83 bits per heavy atom. The first-order valence-electron chi connectivity index (χ1n) is 8.77. The number of carbonyl (C=O) groups is 2. The Morgan fingerprint density at radius 1 is 1.21 bits per heavy atom. The summed E-state index contributed by atoms with van der Waals surface area (Å²) < 4.78 is 10.4. The van der Waals surface area contributed by atoms with E-state index in [1.165, 1.54) is 7.11 Å². The summed E-state index contributed by atoms with van der Waals surface area (Å²) in [5.41, 5.74) is -0.501. The van der Waals surface area contributed by atoms with E-state index >= 15 is 0 Å². The number of alkyl carbamates (subject to hydrolysis) is 1. The van der Waals surface area contributed by atoms with Gasteiger partial charge in [0, 0.05) is 19.6 Å². The predicted molar refractivity (Wildman–Crippen MR) is 90.8 cm³/mol. The first-order valence-corrected chi connectivity index (χ1v) is 8.77. The number of hydrogen-bond donors (Lipinski definition) is 1. The fourth-order valence-electron chi connectivity index (χ4n) is 3.27. The van der Waals surface area contributed by atoms with E-state index in [4.69, 9.17) is 9.47 Å². The summed E-state index contributed by atoms with van der Waals surface area (Å²) in [4.78, 5) is 28.0. The number of esters is 1. The van der Waals surface area contributed by atoms with Crippen LogP contribution >= 0.6 is 0 Å². The molecular weight excluding hydrogens is 310 g/mol. The molecule has 2 rings (SSSR count). The summed E-state index contributed by atoms with van der Waals surface area (Å²) in [6.07, 6.45) is 2.11. The molecule has 2 aliphatic heterocycles. The second-order valence-corrected chi connectivity index (χ2v) is 7.60. The van der Waals surface area contributed by atoms with Crippen LogP contribution in [0.2, 0.25) is 0 Å². The molecule has 0 aromatic heterocycles.